The lowest BCUT2D eigenvalue weighted by atomic mass is 10.0. The Morgan fingerprint density at radius 1 is 1.15 bits per heavy atom. The summed E-state index contributed by atoms with van der Waals surface area (Å²) < 4.78 is 37.6. The highest BCUT2D eigenvalue weighted by Crippen LogP contribution is 2.29. The quantitative estimate of drug-likeness (QED) is 0.822. The predicted octanol–water partition coefficient (Wildman–Crippen LogP) is 4.01. The van der Waals surface area contributed by atoms with Crippen LogP contribution < -0.4 is 10.6 Å². The third-order valence-corrected chi connectivity index (χ3v) is 4.40. The van der Waals surface area contributed by atoms with Crippen LogP contribution in [0.4, 0.5) is 23.7 Å². The van der Waals surface area contributed by atoms with E-state index in [-0.39, 0.29) is 11.9 Å². The number of carbonyl (C=O) groups excluding carboxylic acids is 2. The van der Waals surface area contributed by atoms with Gasteiger partial charge in [-0.1, -0.05) is 13.3 Å². The number of nitrogens with zero attached hydrogens (tertiary/aromatic N) is 1. The molecule has 1 heterocycles. The molecule has 0 bridgehead atoms. The molecule has 0 saturated carbocycles. The average molecular weight is 371 g/mol. The summed E-state index contributed by atoms with van der Waals surface area (Å²) in [7, 11) is 0. The van der Waals surface area contributed by atoms with Crippen LogP contribution in [0.5, 0.6) is 0 Å². The van der Waals surface area contributed by atoms with Crippen LogP contribution in [0.25, 0.3) is 0 Å². The van der Waals surface area contributed by atoms with Crippen molar-refractivity contribution in [2.75, 3.05) is 18.4 Å². The van der Waals surface area contributed by atoms with E-state index < -0.39 is 17.8 Å². The second-order valence-corrected chi connectivity index (χ2v) is 6.43. The minimum atomic E-state index is -4.40. The van der Waals surface area contributed by atoms with E-state index in [0.29, 0.717) is 38.0 Å². The fraction of sp³-hybridized carbons (Fsp3) is 0.556. The Kier molecular flexibility index (Phi) is 6.88. The first-order valence-electron chi connectivity index (χ1n) is 8.82. The zero-order valence-electron chi connectivity index (χ0n) is 14.7. The van der Waals surface area contributed by atoms with Crippen LogP contribution in [0.15, 0.2) is 24.3 Å². The number of urea groups is 1. The summed E-state index contributed by atoms with van der Waals surface area (Å²) in [5, 5.41) is 5.34. The summed E-state index contributed by atoms with van der Waals surface area (Å²) in [6, 6.07) is 3.78. The Bertz CT molecular complexity index is 609. The van der Waals surface area contributed by atoms with E-state index in [1.165, 1.54) is 12.1 Å². The van der Waals surface area contributed by atoms with E-state index in [2.05, 4.69) is 10.6 Å². The number of anilines is 1. The smallest absolute Gasteiger partial charge is 0.343 e. The number of hydrogen-bond acceptors (Lipinski definition) is 2. The van der Waals surface area contributed by atoms with Crippen molar-refractivity contribution >= 4 is 17.6 Å². The van der Waals surface area contributed by atoms with E-state index in [1.54, 1.807) is 0 Å². The number of unbranched alkanes of at least 4 members (excludes halogenated alkanes) is 1. The Labute approximate surface area is 150 Å². The number of rotatable bonds is 5. The van der Waals surface area contributed by atoms with Gasteiger partial charge < -0.3 is 15.5 Å². The maximum atomic E-state index is 12.5. The molecular formula is C18H24F3N3O2. The molecule has 0 aliphatic carbocycles. The molecule has 2 rings (SSSR count). The Hall–Kier alpha value is -2.25. The van der Waals surface area contributed by atoms with E-state index in [9.17, 15) is 22.8 Å². The van der Waals surface area contributed by atoms with Gasteiger partial charge >= 0.3 is 12.2 Å². The Morgan fingerprint density at radius 3 is 2.31 bits per heavy atom. The molecule has 1 saturated heterocycles. The van der Waals surface area contributed by atoms with Crippen LogP contribution in [0.2, 0.25) is 0 Å². The number of piperidine rings is 1. The van der Waals surface area contributed by atoms with E-state index in [4.69, 9.17) is 0 Å². The van der Waals surface area contributed by atoms with Gasteiger partial charge in [-0.2, -0.15) is 13.2 Å². The van der Waals surface area contributed by atoms with Gasteiger partial charge in [0.2, 0.25) is 5.91 Å². The lowest BCUT2D eigenvalue weighted by Crippen LogP contribution is -2.47. The lowest BCUT2D eigenvalue weighted by molar-refractivity contribution is -0.137. The van der Waals surface area contributed by atoms with Gasteiger partial charge in [0.1, 0.15) is 0 Å². The summed E-state index contributed by atoms with van der Waals surface area (Å²) in [6.07, 6.45) is -0.649. The molecule has 1 aromatic rings. The number of benzene rings is 1. The van der Waals surface area contributed by atoms with E-state index in [0.717, 1.165) is 25.0 Å². The molecule has 1 aliphatic rings. The minimum absolute atomic E-state index is 0.0559. The SMILES string of the molecule is CCCCC(=O)N1CCC(NC(=O)Nc2ccc(C(F)(F)F)cc2)CC1. The first kappa shape index (κ1) is 20.1. The van der Waals surface area contributed by atoms with Gasteiger partial charge in [0.15, 0.2) is 0 Å². The number of nitrogens with one attached hydrogen (secondary N) is 2. The first-order valence-corrected chi connectivity index (χ1v) is 8.82. The third-order valence-electron chi connectivity index (χ3n) is 4.40. The van der Waals surface area contributed by atoms with Crippen molar-refractivity contribution < 1.29 is 22.8 Å². The lowest BCUT2D eigenvalue weighted by Gasteiger charge is -2.32. The largest absolute Gasteiger partial charge is 0.416 e. The van der Waals surface area contributed by atoms with Crippen LogP contribution in [0, 0.1) is 0 Å². The van der Waals surface area contributed by atoms with Crippen LogP contribution in [-0.2, 0) is 11.0 Å². The second-order valence-electron chi connectivity index (χ2n) is 6.43. The molecule has 2 N–H and O–H groups in total. The molecule has 0 spiro atoms. The molecular weight excluding hydrogens is 347 g/mol. The van der Waals surface area contributed by atoms with Crippen molar-refractivity contribution in [3.8, 4) is 0 Å². The van der Waals surface area contributed by atoms with Crippen LogP contribution in [-0.4, -0.2) is 36.0 Å². The van der Waals surface area contributed by atoms with E-state index in [1.807, 2.05) is 11.8 Å². The summed E-state index contributed by atoms with van der Waals surface area (Å²) in [6.45, 7) is 3.25. The molecule has 3 amide bonds. The minimum Gasteiger partial charge on any atom is -0.343 e. The number of halogens is 3. The highest BCUT2D eigenvalue weighted by molar-refractivity contribution is 5.89. The van der Waals surface area contributed by atoms with Crippen LogP contribution >= 0.6 is 0 Å². The molecule has 1 fully saturated rings. The summed E-state index contributed by atoms with van der Waals surface area (Å²) in [5.74, 6) is 0.152. The van der Waals surface area contributed by atoms with Crippen molar-refractivity contribution in [3.63, 3.8) is 0 Å². The Balaban J connectivity index is 1.76. The van der Waals surface area contributed by atoms with Crippen LogP contribution in [0.1, 0.15) is 44.6 Å². The van der Waals surface area contributed by atoms with Gasteiger partial charge in [0, 0.05) is 31.2 Å². The molecule has 1 aliphatic heterocycles. The number of carbonyl (C=O) groups is 2. The first-order chi connectivity index (χ1) is 12.3. The van der Waals surface area contributed by atoms with Gasteiger partial charge in [-0.25, -0.2) is 4.79 Å². The van der Waals surface area contributed by atoms with Crippen LogP contribution in [0.3, 0.4) is 0 Å². The standard InChI is InChI=1S/C18H24F3N3O2/c1-2-3-4-16(25)24-11-9-15(10-12-24)23-17(26)22-14-7-5-13(6-8-14)18(19,20)21/h5-8,15H,2-4,9-12H2,1H3,(H2,22,23,26). The molecule has 5 nitrogen and oxygen atoms in total. The van der Waals surface area contributed by atoms with Crippen molar-refractivity contribution in [3.05, 3.63) is 29.8 Å². The average Bonchev–Trinajstić information content (AvgIpc) is 2.60. The zero-order valence-corrected chi connectivity index (χ0v) is 14.7. The highest BCUT2D eigenvalue weighted by Gasteiger charge is 2.30. The van der Waals surface area contributed by atoms with Crippen molar-refractivity contribution in [2.45, 2.75) is 51.2 Å². The molecule has 0 radical (unpaired) electrons. The van der Waals surface area contributed by atoms with Gasteiger partial charge in [0.05, 0.1) is 5.56 Å². The summed E-state index contributed by atoms with van der Waals surface area (Å²) in [5.41, 5.74) is -0.466. The maximum Gasteiger partial charge on any atom is 0.416 e. The second kappa shape index (κ2) is 8.91. The molecule has 0 aromatic heterocycles. The Morgan fingerprint density at radius 2 is 1.77 bits per heavy atom. The fourth-order valence-electron chi connectivity index (χ4n) is 2.85. The molecule has 144 valence electrons. The van der Waals surface area contributed by atoms with Gasteiger partial charge in [-0.05, 0) is 43.5 Å². The zero-order chi connectivity index (χ0) is 19.2. The number of likely N-dealkylation sites (tertiary alicyclic amines) is 1. The molecule has 0 atom stereocenters. The number of hydrogen-bond donors (Lipinski definition) is 2. The number of amides is 3. The fourth-order valence-corrected chi connectivity index (χ4v) is 2.85. The van der Waals surface area contributed by atoms with Gasteiger partial charge in [-0.15, -0.1) is 0 Å². The predicted molar refractivity (Wildman–Crippen MR) is 92.7 cm³/mol. The summed E-state index contributed by atoms with van der Waals surface area (Å²) in [4.78, 5) is 25.8. The highest BCUT2D eigenvalue weighted by atomic mass is 19.4. The molecule has 8 heteroatoms. The third kappa shape index (κ3) is 5.93. The number of alkyl halides is 3. The van der Waals surface area contributed by atoms with Gasteiger partial charge in [-0.3, -0.25) is 4.79 Å². The molecule has 0 unspecified atom stereocenters. The molecule has 1 aromatic carbocycles. The monoisotopic (exact) mass is 371 g/mol. The van der Waals surface area contributed by atoms with Gasteiger partial charge in [0.25, 0.3) is 0 Å². The van der Waals surface area contributed by atoms with E-state index >= 15 is 0 Å². The summed E-state index contributed by atoms with van der Waals surface area (Å²) >= 11 is 0. The molecule has 26 heavy (non-hydrogen) atoms. The van der Waals surface area contributed by atoms with Crippen molar-refractivity contribution in [1.82, 2.24) is 10.2 Å². The maximum absolute atomic E-state index is 12.5. The van der Waals surface area contributed by atoms with Crippen molar-refractivity contribution in [1.29, 1.82) is 0 Å². The normalized spacial score (nSPS) is 15.6. The topological polar surface area (TPSA) is 61.4 Å². The van der Waals surface area contributed by atoms with Crippen molar-refractivity contribution in [2.24, 2.45) is 0 Å².